The van der Waals surface area contributed by atoms with Crippen molar-refractivity contribution >= 4 is 34.6 Å². The Bertz CT molecular complexity index is 1280. The van der Waals surface area contributed by atoms with Crippen molar-refractivity contribution < 1.29 is 32.1 Å². The molecule has 0 saturated heterocycles. The van der Waals surface area contributed by atoms with Crippen LogP contribution in [0.15, 0.2) is 60.7 Å². The summed E-state index contributed by atoms with van der Waals surface area (Å²) in [7, 11) is 0. The van der Waals surface area contributed by atoms with Crippen LogP contribution in [0.5, 0.6) is 0 Å². The van der Waals surface area contributed by atoms with Gasteiger partial charge in [-0.25, -0.2) is 4.39 Å². The van der Waals surface area contributed by atoms with Crippen LogP contribution < -0.4 is 16.0 Å². The van der Waals surface area contributed by atoms with Gasteiger partial charge in [-0.1, -0.05) is 6.07 Å². The van der Waals surface area contributed by atoms with E-state index in [4.69, 9.17) is 0 Å². The number of nitrogens with one attached hydrogen (secondary N) is 3. The maximum absolute atomic E-state index is 13.6. The van der Waals surface area contributed by atoms with Crippen molar-refractivity contribution in [2.45, 2.75) is 13.1 Å². The number of nitro benzene ring substituents is 1. The molecule has 0 unspecified atom stereocenters. The number of alkyl halides is 3. The Morgan fingerprint density at radius 2 is 1.60 bits per heavy atom. The molecular formula is C23H18F4N4O4. The third kappa shape index (κ3) is 6.53. The molecule has 0 fully saturated rings. The monoisotopic (exact) mass is 490 g/mol. The quantitative estimate of drug-likeness (QED) is 0.234. The van der Waals surface area contributed by atoms with Gasteiger partial charge in [-0.15, -0.1) is 0 Å². The number of anilines is 3. The molecule has 0 radical (unpaired) electrons. The number of aryl methyl sites for hydroxylation is 1. The zero-order valence-electron chi connectivity index (χ0n) is 18.1. The molecule has 0 bridgehead atoms. The van der Waals surface area contributed by atoms with Crippen LogP contribution in [0.2, 0.25) is 0 Å². The number of carbonyl (C=O) groups excluding carboxylic acids is 2. The minimum atomic E-state index is -4.83. The minimum Gasteiger partial charge on any atom is -0.376 e. The molecule has 0 heterocycles. The van der Waals surface area contributed by atoms with Crippen molar-refractivity contribution in [1.29, 1.82) is 0 Å². The van der Waals surface area contributed by atoms with Crippen molar-refractivity contribution in [3.05, 3.63) is 93.3 Å². The van der Waals surface area contributed by atoms with Crippen LogP contribution in [-0.4, -0.2) is 23.3 Å². The molecule has 0 aliphatic heterocycles. The molecule has 3 N–H and O–H groups in total. The molecule has 3 rings (SSSR count). The van der Waals surface area contributed by atoms with Crippen LogP contribution in [0.1, 0.15) is 21.5 Å². The van der Waals surface area contributed by atoms with E-state index in [1.807, 2.05) is 0 Å². The molecule has 2 amide bonds. The molecule has 0 atom stereocenters. The van der Waals surface area contributed by atoms with E-state index in [1.54, 1.807) is 6.92 Å². The molecule has 0 spiro atoms. The first-order valence-electron chi connectivity index (χ1n) is 10.0. The second-order valence-electron chi connectivity index (χ2n) is 7.40. The van der Waals surface area contributed by atoms with Gasteiger partial charge in [-0.3, -0.25) is 19.7 Å². The lowest BCUT2D eigenvalue weighted by Gasteiger charge is -2.16. The Morgan fingerprint density at radius 3 is 2.23 bits per heavy atom. The highest BCUT2D eigenvalue weighted by Crippen LogP contribution is 2.36. The van der Waals surface area contributed by atoms with Crippen molar-refractivity contribution in [2.75, 3.05) is 22.5 Å². The van der Waals surface area contributed by atoms with Crippen molar-refractivity contribution in [1.82, 2.24) is 0 Å². The Kier molecular flexibility index (Phi) is 7.33. The molecule has 182 valence electrons. The van der Waals surface area contributed by atoms with E-state index in [-0.39, 0.29) is 22.6 Å². The summed E-state index contributed by atoms with van der Waals surface area (Å²) in [5.41, 5.74) is -1.57. The summed E-state index contributed by atoms with van der Waals surface area (Å²) in [6.45, 7) is 1.01. The lowest BCUT2D eigenvalue weighted by molar-refractivity contribution is -0.384. The van der Waals surface area contributed by atoms with Crippen LogP contribution in [0.25, 0.3) is 0 Å². The predicted octanol–water partition coefficient (Wildman–Crippen LogP) is 5.36. The molecule has 3 aromatic rings. The smallest absolute Gasteiger partial charge is 0.376 e. The van der Waals surface area contributed by atoms with Gasteiger partial charge in [0.15, 0.2) is 0 Å². The van der Waals surface area contributed by atoms with Gasteiger partial charge >= 0.3 is 6.18 Å². The van der Waals surface area contributed by atoms with E-state index < -0.39 is 46.5 Å². The van der Waals surface area contributed by atoms with Gasteiger partial charge in [0.05, 0.1) is 17.0 Å². The first-order valence-corrected chi connectivity index (χ1v) is 10.0. The average Bonchev–Trinajstić information content (AvgIpc) is 2.79. The van der Waals surface area contributed by atoms with Gasteiger partial charge < -0.3 is 16.0 Å². The first kappa shape index (κ1) is 25.1. The average molecular weight is 490 g/mol. The number of nitrogens with zero attached hydrogens (tertiary/aromatic N) is 1. The molecular weight excluding hydrogens is 472 g/mol. The highest BCUT2D eigenvalue weighted by Gasteiger charge is 2.34. The number of hydrogen-bond donors (Lipinski definition) is 3. The van der Waals surface area contributed by atoms with Crippen LogP contribution in [-0.2, 0) is 11.0 Å². The molecule has 0 aliphatic carbocycles. The molecule has 0 aromatic heterocycles. The Morgan fingerprint density at radius 1 is 0.943 bits per heavy atom. The fourth-order valence-electron chi connectivity index (χ4n) is 3.08. The second-order valence-corrected chi connectivity index (χ2v) is 7.40. The normalized spacial score (nSPS) is 11.0. The molecule has 8 nitrogen and oxygen atoms in total. The maximum Gasteiger partial charge on any atom is 0.418 e. The van der Waals surface area contributed by atoms with Gasteiger partial charge in [0.2, 0.25) is 5.91 Å². The summed E-state index contributed by atoms with van der Waals surface area (Å²) in [5, 5.41) is 18.1. The third-order valence-electron chi connectivity index (χ3n) is 4.75. The van der Waals surface area contributed by atoms with Crippen LogP contribution in [0.4, 0.5) is 40.3 Å². The number of amides is 2. The number of halogens is 4. The van der Waals surface area contributed by atoms with Crippen LogP contribution >= 0.6 is 0 Å². The predicted molar refractivity (Wildman–Crippen MR) is 121 cm³/mol. The molecule has 35 heavy (non-hydrogen) atoms. The Hall–Kier alpha value is -4.48. The SMILES string of the molecule is Cc1ccc(NC(=O)CNc2ccc(NC(=O)c3ccc(F)cc3)cc2C(F)(F)F)c([N+](=O)[O-])c1. The summed E-state index contributed by atoms with van der Waals surface area (Å²) in [4.78, 5) is 35.0. The summed E-state index contributed by atoms with van der Waals surface area (Å²) in [6.07, 6.45) is -4.83. The summed E-state index contributed by atoms with van der Waals surface area (Å²) in [6, 6.07) is 11.5. The van der Waals surface area contributed by atoms with Crippen LogP contribution in [0, 0.1) is 22.9 Å². The zero-order valence-corrected chi connectivity index (χ0v) is 18.1. The van der Waals surface area contributed by atoms with E-state index in [2.05, 4.69) is 16.0 Å². The highest BCUT2D eigenvalue weighted by molar-refractivity contribution is 6.04. The van der Waals surface area contributed by atoms with Crippen LogP contribution in [0.3, 0.4) is 0 Å². The maximum atomic E-state index is 13.6. The third-order valence-corrected chi connectivity index (χ3v) is 4.75. The van der Waals surface area contributed by atoms with Crippen molar-refractivity contribution in [3.8, 4) is 0 Å². The van der Waals surface area contributed by atoms with Gasteiger partial charge in [0.1, 0.15) is 11.5 Å². The summed E-state index contributed by atoms with van der Waals surface area (Å²) >= 11 is 0. The number of hydrogen-bond acceptors (Lipinski definition) is 5. The van der Waals surface area contributed by atoms with Crippen molar-refractivity contribution in [3.63, 3.8) is 0 Å². The largest absolute Gasteiger partial charge is 0.418 e. The van der Waals surface area contributed by atoms with E-state index in [0.29, 0.717) is 11.6 Å². The number of nitro groups is 1. The molecule has 12 heteroatoms. The van der Waals surface area contributed by atoms with Gasteiger partial charge in [0.25, 0.3) is 11.6 Å². The van der Waals surface area contributed by atoms with E-state index in [1.165, 1.54) is 36.4 Å². The van der Waals surface area contributed by atoms with E-state index >= 15 is 0 Å². The fraction of sp³-hybridized carbons (Fsp3) is 0.130. The van der Waals surface area contributed by atoms with Crippen molar-refractivity contribution in [2.24, 2.45) is 0 Å². The summed E-state index contributed by atoms with van der Waals surface area (Å²) in [5.74, 6) is -2.12. The second kappa shape index (κ2) is 10.2. The Labute approximate surface area is 196 Å². The standard InChI is InChI=1S/C23H18F4N4O4/c1-13-2-8-19(20(10-13)31(34)35)30-21(32)12-28-18-9-7-16(11-17(18)23(25,26)27)29-22(33)14-3-5-15(24)6-4-14/h2-11,28H,12H2,1H3,(H,29,33)(H,30,32). The summed E-state index contributed by atoms with van der Waals surface area (Å²) < 4.78 is 53.8. The lowest BCUT2D eigenvalue weighted by atomic mass is 10.1. The topological polar surface area (TPSA) is 113 Å². The zero-order chi connectivity index (χ0) is 25.8. The van der Waals surface area contributed by atoms with E-state index in [0.717, 1.165) is 18.2 Å². The number of benzene rings is 3. The van der Waals surface area contributed by atoms with Gasteiger partial charge in [-0.2, -0.15) is 13.2 Å². The number of rotatable bonds is 7. The van der Waals surface area contributed by atoms with E-state index in [9.17, 15) is 37.3 Å². The lowest BCUT2D eigenvalue weighted by Crippen LogP contribution is -2.23. The van der Waals surface area contributed by atoms with Gasteiger partial charge in [0, 0.05) is 23.0 Å². The van der Waals surface area contributed by atoms with Gasteiger partial charge in [-0.05, 0) is 61.0 Å². The molecule has 3 aromatic carbocycles. The molecule has 0 saturated carbocycles. The Balaban J connectivity index is 1.73. The molecule has 0 aliphatic rings. The number of carbonyl (C=O) groups is 2. The first-order chi connectivity index (χ1) is 16.4. The minimum absolute atomic E-state index is 0.0454. The highest BCUT2D eigenvalue weighted by atomic mass is 19.4. The fourth-order valence-corrected chi connectivity index (χ4v) is 3.08.